The van der Waals surface area contributed by atoms with Crippen molar-refractivity contribution in [1.29, 1.82) is 0 Å². The molecule has 0 aliphatic rings. The molecule has 0 aliphatic heterocycles. The summed E-state index contributed by atoms with van der Waals surface area (Å²) in [5.74, 6) is -0.0824. The minimum atomic E-state index is -2.51. The molecule has 0 aromatic heterocycles. The number of benzene rings is 1. The van der Waals surface area contributed by atoms with Crippen LogP contribution in [0.15, 0.2) is 27.8 Å². The molecule has 0 spiro atoms. The van der Waals surface area contributed by atoms with Crippen LogP contribution in [0.5, 0.6) is 0 Å². The molecule has 0 fully saturated rings. The molecule has 0 saturated carbocycles. The highest BCUT2D eigenvalue weighted by atomic mass is 79.9. The number of anilines is 1. The van der Waals surface area contributed by atoms with Crippen molar-refractivity contribution in [3.63, 3.8) is 0 Å². The van der Waals surface area contributed by atoms with Crippen molar-refractivity contribution >= 4 is 27.5 Å². The Morgan fingerprint density at radius 3 is 2.63 bits per heavy atom. The third kappa shape index (κ3) is 4.32. The minimum Gasteiger partial charge on any atom is -0.409 e. The monoisotopic (exact) mass is 337 g/mol. The zero-order chi connectivity index (χ0) is 14.4. The number of alkyl halides is 2. The number of amidine groups is 1. The van der Waals surface area contributed by atoms with Gasteiger partial charge in [-0.1, -0.05) is 5.16 Å². The van der Waals surface area contributed by atoms with Gasteiger partial charge in [-0.25, -0.2) is 8.78 Å². The summed E-state index contributed by atoms with van der Waals surface area (Å²) in [6, 6.07) is 4.69. The number of nitrogens with zero attached hydrogens (tertiary/aromatic N) is 2. The third-order valence-corrected chi connectivity index (χ3v) is 3.09. The highest BCUT2D eigenvalue weighted by Gasteiger charge is 2.14. The van der Waals surface area contributed by atoms with E-state index in [9.17, 15) is 8.78 Å². The summed E-state index contributed by atoms with van der Waals surface area (Å²) >= 11 is 3.23. The Labute approximate surface area is 117 Å². The van der Waals surface area contributed by atoms with Gasteiger partial charge >= 0.3 is 0 Å². The lowest BCUT2D eigenvalue weighted by Crippen LogP contribution is -2.31. The number of rotatable bonds is 6. The van der Waals surface area contributed by atoms with E-state index in [1.165, 1.54) is 4.90 Å². The van der Waals surface area contributed by atoms with Crippen LogP contribution in [0.25, 0.3) is 0 Å². The fourth-order valence-electron chi connectivity index (χ4n) is 1.58. The molecule has 0 unspecified atom stereocenters. The first-order chi connectivity index (χ1) is 8.99. The lowest BCUT2D eigenvalue weighted by molar-refractivity contribution is 0.153. The van der Waals surface area contributed by atoms with Crippen LogP contribution in [0, 0.1) is 0 Å². The van der Waals surface area contributed by atoms with Crippen LogP contribution in [0.1, 0.15) is 5.56 Å². The summed E-state index contributed by atoms with van der Waals surface area (Å²) in [4.78, 5) is 1.35. The van der Waals surface area contributed by atoms with Crippen molar-refractivity contribution in [3.05, 3.63) is 28.2 Å². The Bertz CT molecular complexity index is 458. The fourth-order valence-corrected chi connectivity index (χ4v) is 2.15. The Kier molecular flexibility index (Phi) is 5.97. The quantitative estimate of drug-likeness (QED) is 0.319. The first-order valence-electron chi connectivity index (χ1n) is 5.41. The third-order valence-electron chi connectivity index (χ3n) is 2.43. The summed E-state index contributed by atoms with van der Waals surface area (Å²) in [6.07, 6.45) is -2.51. The maximum atomic E-state index is 12.4. The van der Waals surface area contributed by atoms with Crippen LogP contribution in [-0.4, -0.2) is 42.3 Å². The molecule has 19 heavy (non-hydrogen) atoms. The molecule has 0 bridgehead atoms. The Morgan fingerprint density at radius 1 is 1.47 bits per heavy atom. The minimum absolute atomic E-state index is 0.0824. The van der Waals surface area contributed by atoms with Gasteiger partial charge < -0.3 is 20.9 Å². The second kappa shape index (κ2) is 7.25. The Morgan fingerprint density at radius 2 is 2.16 bits per heavy atom. The molecule has 106 valence electrons. The van der Waals surface area contributed by atoms with Crippen LogP contribution >= 0.6 is 15.9 Å². The van der Waals surface area contributed by atoms with Gasteiger partial charge in [-0.05, 0) is 34.1 Å². The normalized spacial score (nSPS) is 11.9. The first-order valence-corrected chi connectivity index (χ1v) is 6.20. The summed E-state index contributed by atoms with van der Waals surface area (Å²) in [5.41, 5.74) is 6.42. The predicted molar refractivity (Wildman–Crippen MR) is 72.0 cm³/mol. The van der Waals surface area contributed by atoms with E-state index in [1.54, 1.807) is 18.2 Å². The number of oxime groups is 1. The van der Waals surface area contributed by atoms with E-state index in [4.69, 9.17) is 16.0 Å². The molecule has 4 N–H and O–H groups in total. The van der Waals surface area contributed by atoms with Gasteiger partial charge in [0.15, 0.2) is 5.84 Å². The van der Waals surface area contributed by atoms with Crippen molar-refractivity contribution in [3.8, 4) is 0 Å². The lowest BCUT2D eigenvalue weighted by Gasteiger charge is -2.24. The van der Waals surface area contributed by atoms with Crippen LogP contribution in [0.3, 0.4) is 0 Å². The molecule has 0 heterocycles. The molecule has 0 aliphatic carbocycles. The average Bonchev–Trinajstić information content (AvgIpc) is 2.36. The van der Waals surface area contributed by atoms with Gasteiger partial charge in [-0.3, -0.25) is 0 Å². The van der Waals surface area contributed by atoms with Gasteiger partial charge in [0, 0.05) is 22.3 Å². The zero-order valence-corrected chi connectivity index (χ0v) is 11.5. The van der Waals surface area contributed by atoms with Gasteiger partial charge in [-0.2, -0.15) is 0 Å². The summed E-state index contributed by atoms with van der Waals surface area (Å²) < 4.78 is 25.4. The van der Waals surface area contributed by atoms with E-state index in [-0.39, 0.29) is 19.0 Å². The fraction of sp³-hybridized carbons (Fsp3) is 0.364. The summed E-state index contributed by atoms with van der Waals surface area (Å²) in [6.45, 7) is -0.609. The van der Waals surface area contributed by atoms with Crippen molar-refractivity contribution in [2.45, 2.75) is 6.43 Å². The van der Waals surface area contributed by atoms with Crippen molar-refractivity contribution < 1.29 is 19.1 Å². The number of halogens is 3. The van der Waals surface area contributed by atoms with Crippen LogP contribution in [0.2, 0.25) is 0 Å². The van der Waals surface area contributed by atoms with Gasteiger partial charge in [0.05, 0.1) is 13.2 Å². The number of aliphatic hydroxyl groups is 1. The molecule has 0 atom stereocenters. The summed E-state index contributed by atoms with van der Waals surface area (Å²) in [7, 11) is 0. The molecular formula is C11H14BrF2N3O2. The van der Waals surface area contributed by atoms with Gasteiger partial charge in [-0.15, -0.1) is 0 Å². The van der Waals surface area contributed by atoms with Crippen LogP contribution in [-0.2, 0) is 0 Å². The second-order valence-electron chi connectivity index (χ2n) is 3.71. The second-order valence-corrected chi connectivity index (χ2v) is 4.56. The average molecular weight is 338 g/mol. The molecule has 8 heteroatoms. The molecule has 0 saturated heterocycles. The zero-order valence-electron chi connectivity index (χ0n) is 9.93. The van der Waals surface area contributed by atoms with Crippen molar-refractivity contribution in [2.75, 3.05) is 24.6 Å². The molecular weight excluding hydrogens is 324 g/mol. The van der Waals surface area contributed by atoms with E-state index in [2.05, 4.69) is 21.1 Å². The molecule has 1 aromatic carbocycles. The van der Waals surface area contributed by atoms with Crippen molar-refractivity contribution in [2.24, 2.45) is 10.9 Å². The molecule has 1 aromatic rings. The topological polar surface area (TPSA) is 82.1 Å². The maximum Gasteiger partial charge on any atom is 0.255 e. The van der Waals surface area contributed by atoms with Crippen LogP contribution < -0.4 is 10.6 Å². The van der Waals surface area contributed by atoms with Crippen LogP contribution in [0.4, 0.5) is 14.5 Å². The number of hydrogen-bond acceptors (Lipinski definition) is 4. The number of hydrogen-bond donors (Lipinski definition) is 3. The lowest BCUT2D eigenvalue weighted by atomic mass is 10.2. The number of aliphatic hydroxyl groups excluding tert-OH is 1. The standard InChI is InChI=1S/C11H14BrF2N3O2/c12-9-5-7(1-2-8(9)11(15)16-19)17(3-4-18)6-10(13)14/h1-2,5,10,18-19H,3-4,6H2,(H2,15,16). The highest BCUT2D eigenvalue weighted by Crippen LogP contribution is 2.24. The molecule has 5 nitrogen and oxygen atoms in total. The highest BCUT2D eigenvalue weighted by molar-refractivity contribution is 9.10. The molecule has 1 rings (SSSR count). The van der Waals surface area contributed by atoms with Gasteiger partial charge in [0.25, 0.3) is 6.43 Å². The van der Waals surface area contributed by atoms with E-state index in [0.29, 0.717) is 15.7 Å². The van der Waals surface area contributed by atoms with Crippen molar-refractivity contribution in [1.82, 2.24) is 0 Å². The predicted octanol–water partition coefficient (Wildman–Crippen LogP) is 1.61. The largest absolute Gasteiger partial charge is 0.409 e. The van der Waals surface area contributed by atoms with Gasteiger partial charge in [0.1, 0.15) is 0 Å². The first kappa shape index (κ1) is 15.6. The van der Waals surface area contributed by atoms with E-state index in [1.807, 2.05) is 0 Å². The van der Waals surface area contributed by atoms with E-state index >= 15 is 0 Å². The molecule has 0 radical (unpaired) electrons. The molecule has 0 amide bonds. The SMILES string of the molecule is N/C(=N/O)c1ccc(N(CCO)CC(F)F)cc1Br. The summed E-state index contributed by atoms with van der Waals surface area (Å²) in [5, 5.41) is 20.4. The number of nitrogens with two attached hydrogens (primary N) is 1. The van der Waals surface area contributed by atoms with E-state index in [0.717, 1.165) is 0 Å². The van der Waals surface area contributed by atoms with E-state index < -0.39 is 13.0 Å². The van der Waals surface area contributed by atoms with Gasteiger partial charge in [0.2, 0.25) is 0 Å². The maximum absolute atomic E-state index is 12.4. The Hall–Kier alpha value is -1.41. The smallest absolute Gasteiger partial charge is 0.255 e. The Balaban J connectivity index is 3.02.